The van der Waals surface area contributed by atoms with Crippen LogP contribution in [0.3, 0.4) is 0 Å². The van der Waals surface area contributed by atoms with Crippen molar-refractivity contribution in [1.82, 2.24) is 15.1 Å². The Morgan fingerprint density at radius 1 is 1.38 bits per heavy atom. The molecule has 170 valence electrons. The first-order valence-corrected chi connectivity index (χ1v) is 10.2. The molecule has 1 amide bonds. The highest BCUT2D eigenvalue weighted by atomic mass is 19.4. The number of carbonyl (C=O) groups is 1. The monoisotopic (exact) mass is 450 g/mol. The van der Waals surface area contributed by atoms with E-state index in [-0.39, 0.29) is 30.4 Å². The topological polar surface area (TPSA) is 98.4 Å². The van der Waals surface area contributed by atoms with Crippen LogP contribution in [0.25, 0.3) is 0 Å². The summed E-state index contributed by atoms with van der Waals surface area (Å²) in [7, 11) is 0. The number of carbonyl (C=O) groups excluding carboxylic acids is 1. The standard InChI is InChI=1S/C21H21F3N4O4/c22-21(23,24)12-30-5-1-2-16-10-28-19(32-16)8-17(27-28)20(29)26-15-7-14-6-13(9-25)3-4-18(14)31-11-15/h3-4,6,8,15-16H,1-2,5,7,10-12H2,(H,26,29)/t15-,16?/m1/s1. The first-order chi connectivity index (χ1) is 15.3. The Kier molecular flexibility index (Phi) is 6.23. The van der Waals surface area contributed by atoms with Crippen LogP contribution in [0.5, 0.6) is 11.6 Å². The summed E-state index contributed by atoms with van der Waals surface area (Å²) >= 11 is 0. The minimum absolute atomic E-state index is 0.00219. The maximum Gasteiger partial charge on any atom is 0.411 e. The Morgan fingerprint density at radius 2 is 2.22 bits per heavy atom. The summed E-state index contributed by atoms with van der Waals surface area (Å²) in [6.45, 7) is -0.528. The number of ether oxygens (including phenoxy) is 3. The molecule has 1 aromatic carbocycles. The number of hydrogen-bond donors (Lipinski definition) is 1. The van der Waals surface area contributed by atoms with E-state index in [1.54, 1.807) is 28.9 Å². The van der Waals surface area contributed by atoms with Crippen molar-refractivity contribution < 1.29 is 32.2 Å². The zero-order valence-electron chi connectivity index (χ0n) is 17.0. The molecule has 0 spiro atoms. The lowest BCUT2D eigenvalue weighted by molar-refractivity contribution is -0.174. The first-order valence-electron chi connectivity index (χ1n) is 10.2. The van der Waals surface area contributed by atoms with Gasteiger partial charge < -0.3 is 19.5 Å². The predicted octanol–water partition coefficient (Wildman–Crippen LogP) is 2.61. The van der Waals surface area contributed by atoms with E-state index in [0.717, 1.165) is 5.56 Å². The molecule has 2 aliphatic heterocycles. The second-order valence-corrected chi connectivity index (χ2v) is 7.72. The minimum Gasteiger partial charge on any atom is -0.491 e. The van der Waals surface area contributed by atoms with E-state index in [4.69, 9.17) is 14.7 Å². The largest absolute Gasteiger partial charge is 0.491 e. The number of alkyl halides is 3. The molecule has 32 heavy (non-hydrogen) atoms. The number of halogens is 3. The second-order valence-electron chi connectivity index (χ2n) is 7.72. The van der Waals surface area contributed by atoms with Gasteiger partial charge in [0.15, 0.2) is 5.69 Å². The fourth-order valence-corrected chi connectivity index (χ4v) is 3.70. The Hall–Kier alpha value is -3.26. The molecular formula is C21H21F3N4O4. The number of nitriles is 1. The maximum absolute atomic E-state index is 12.6. The molecule has 4 rings (SSSR count). The van der Waals surface area contributed by atoms with E-state index in [9.17, 15) is 18.0 Å². The predicted molar refractivity (Wildman–Crippen MR) is 104 cm³/mol. The molecule has 2 atom stereocenters. The Labute approximate surface area is 181 Å². The van der Waals surface area contributed by atoms with Crippen LogP contribution < -0.4 is 14.8 Å². The molecule has 0 bridgehead atoms. The number of rotatable bonds is 7. The number of aromatic nitrogens is 2. The van der Waals surface area contributed by atoms with Crippen LogP contribution in [-0.4, -0.2) is 53.8 Å². The molecule has 2 aliphatic rings. The molecule has 0 saturated heterocycles. The third kappa shape index (κ3) is 5.31. The second kappa shape index (κ2) is 9.08. The van der Waals surface area contributed by atoms with Gasteiger partial charge in [-0.15, -0.1) is 0 Å². The van der Waals surface area contributed by atoms with Crippen molar-refractivity contribution in [3.05, 3.63) is 41.1 Å². The summed E-state index contributed by atoms with van der Waals surface area (Å²) in [6.07, 6.45) is -3.06. The number of fused-ring (bicyclic) bond motifs is 2. The van der Waals surface area contributed by atoms with Crippen molar-refractivity contribution in [2.24, 2.45) is 0 Å². The van der Waals surface area contributed by atoms with E-state index >= 15 is 0 Å². The van der Waals surface area contributed by atoms with Gasteiger partial charge in [-0.1, -0.05) is 0 Å². The van der Waals surface area contributed by atoms with Crippen LogP contribution in [0, 0.1) is 11.3 Å². The molecule has 1 unspecified atom stereocenters. The van der Waals surface area contributed by atoms with Crippen molar-refractivity contribution in [3.63, 3.8) is 0 Å². The zero-order chi connectivity index (χ0) is 22.7. The number of nitrogens with one attached hydrogen (secondary N) is 1. The summed E-state index contributed by atoms with van der Waals surface area (Å²) in [4.78, 5) is 12.6. The summed E-state index contributed by atoms with van der Waals surface area (Å²) in [5.41, 5.74) is 1.60. The van der Waals surface area contributed by atoms with Crippen molar-refractivity contribution >= 4 is 5.91 Å². The lowest BCUT2D eigenvalue weighted by Gasteiger charge is -2.26. The lowest BCUT2D eigenvalue weighted by atomic mass is 10.0. The third-order valence-electron chi connectivity index (χ3n) is 5.15. The van der Waals surface area contributed by atoms with Gasteiger partial charge >= 0.3 is 6.18 Å². The summed E-state index contributed by atoms with van der Waals surface area (Å²) < 4.78 is 53.7. The Balaban J connectivity index is 1.24. The summed E-state index contributed by atoms with van der Waals surface area (Å²) in [5, 5.41) is 16.2. The number of benzene rings is 1. The van der Waals surface area contributed by atoms with Crippen LogP contribution in [0.2, 0.25) is 0 Å². The van der Waals surface area contributed by atoms with Crippen molar-refractivity contribution in [3.8, 4) is 17.7 Å². The van der Waals surface area contributed by atoms with Crippen LogP contribution in [0.15, 0.2) is 24.3 Å². The normalized spacial score (nSPS) is 19.3. The lowest BCUT2D eigenvalue weighted by Crippen LogP contribution is -2.43. The number of nitrogens with zero attached hydrogens (tertiary/aromatic N) is 3. The molecule has 0 aliphatic carbocycles. The maximum atomic E-state index is 12.6. The van der Waals surface area contributed by atoms with Crippen LogP contribution >= 0.6 is 0 Å². The van der Waals surface area contributed by atoms with Gasteiger partial charge in [0.25, 0.3) is 5.91 Å². The fraction of sp³-hybridized carbons (Fsp3) is 0.476. The molecule has 0 saturated carbocycles. The number of amides is 1. The summed E-state index contributed by atoms with van der Waals surface area (Å²) in [5.74, 6) is 0.792. The van der Waals surface area contributed by atoms with Crippen molar-refractivity contribution in [2.45, 2.75) is 44.1 Å². The molecule has 1 aromatic heterocycles. The van der Waals surface area contributed by atoms with Gasteiger partial charge in [-0.05, 0) is 43.0 Å². The molecule has 11 heteroatoms. The molecular weight excluding hydrogens is 429 g/mol. The summed E-state index contributed by atoms with van der Waals surface area (Å²) in [6, 6.07) is 8.56. The molecule has 0 radical (unpaired) electrons. The van der Waals surface area contributed by atoms with Gasteiger partial charge in [-0.2, -0.15) is 23.5 Å². The van der Waals surface area contributed by atoms with Crippen LogP contribution in [0.4, 0.5) is 13.2 Å². The van der Waals surface area contributed by atoms with Crippen LogP contribution in [-0.2, 0) is 17.7 Å². The van der Waals surface area contributed by atoms with Gasteiger partial charge in [0, 0.05) is 12.7 Å². The van der Waals surface area contributed by atoms with E-state index in [1.807, 2.05) is 0 Å². The fourth-order valence-electron chi connectivity index (χ4n) is 3.70. The highest BCUT2D eigenvalue weighted by molar-refractivity contribution is 5.92. The average molecular weight is 450 g/mol. The minimum atomic E-state index is -4.32. The quantitative estimate of drug-likeness (QED) is 0.652. The highest BCUT2D eigenvalue weighted by Gasteiger charge is 2.29. The zero-order valence-corrected chi connectivity index (χ0v) is 17.0. The molecule has 2 aromatic rings. The van der Waals surface area contributed by atoms with Crippen molar-refractivity contribution in [1.29, 1.82) is 5.26 Å². The van der Waals surface area contributed by atoms with Crippen molar-refractivity contribution in [2.75, 3.05) is 19.8 Å². The first kappa shape index (κ1) is 22.0. The highest BCUT2D eigenvalue weighted by Crippen LogP contribution is 2.27. The van der Waals surface area contributed by atoms with E-state index in [1.165, 1.54) is 0 Å². The SMILES string of the molecule is N#Cc1ccc2c(c1)C[C@@H](NC(=O)c1cc3n(n1)CC(CCCOCC(F)(F)F)O3)CO2. The van der Waals surface area contributed by atoms with E-state index < -0.39 is 12.8 Å². The van der Waals surface area contributed by atoms with Gasteiger partial charge in [0.2, 0.25) is 5.88 Å². The Bertz CT molecular complexity index is 1010. The van der Waals surface area contributed by atoms with Gasteiger partial charge in [0.05, 0.1) is 24.2 Å². The smallest absolute Gasteiger partial charge is 0.411 e. The van der Waals surface area contributed by atoms with Gasteiger partial charge in [0.1, 0.15) is 25.1 Å². The average Bonchev–Trinajstić information content (AvgIpc) is 3.31. The van der Waals surface area contributed by atoms with Gasteiger partial charge in [-0.3, -0.25) is 4.79 Å². The van der Waals surface area contributed by atoms with E-state index in [2.05, 4.69) is 21.2 Å². The molecule has 0 fully saturated rings. The van der Waals surface area contributed by atoms with Gasteiger partial charge in [-0.25, -0.2) is 4.68 Å². The van der Waals surface area contributed by atoms with E-state index in [0.29, 0.717) is 49.6 Å². The third-order valence-corrected chi connectivity index (χ3v) is 5.15. The molecule has 3 heterocycles. The Morgan fingerprint density at radius 3 is 2.97 bits per heavy atom. The number of hydrogen-bond acceptors (Lipinski definition) is 6. The molecule has 1 N–H and O–H groups in total. The van der Waals surface area contributed by atoms with Crippen LogP contribution in [0.1, 0.15) is 34.5 Å². The molecule has 8 nitrogen and oxygen atoms in total.